The van der Waals surface area contributed by atoms with Gasteiger partial charge in [0.05, 0.1) is 23.3 Å². The summed E-state index contributed by atoms with van der Waals surface area (Å²) >= 11 is 0. The van der Waals surface area contributed by atoms with E-state index in [0.29, 0.717) is 6.20 Å². The Hall–Kier alpha value is -1.79. The molecule has 0 aliphatic carbocycles. The van der Waals surface area contributed by atoms with Crippen LogP contribution in [0.1, 0.15) is 65.0 Å². The number of hydrogen-bond donors (Lipinski definition) is 5. The van der Waals surface area contributed by atoms with Crippen molar-refractivity contribution in [1.29, 1.82) is 0 Å². The number of rotatable bonds is 9. The number of aromatic amines is 1. The molecule has 0 aromatic carbocycles. The quantitative estimate of drug-likeness (QED) is 0.313. The Morgan fingerprint density at radius 1 is 1.20 bits per heavy atom. The number of hydrogen-bond acceptors (Lipinski definition) is 8. The summed E-state index contributed by atoms with van der Waals surface area (Å²) in [5.74, 6) is -2.48. The van der Waals surface area contributed by atoms with Gasteiger partial charge in [-0.1, -0.05) is 20.8 Å². The number of aliphatic hydroxyl groups is 3. The van der Waals surface area contributed by atoms with Crippen molar-refractivity contribution in [3.8, 4) is 0 Å². The number of aliphatic hydroxyl groups excluding tert-OH is 2. The van der Waals surface area contributed by atoms with Crippen LogP contribution in [0.5, 0.6) is 0 Å². The van der Waals surface area contributed by atoms with E-state index in [9.17, 15) is 38.4 Å². The molecule has 1 fully saturated rings. The molecule has 5 N–H and O–H groups in total. The van der Waals surface area contributed by atoms with E-state index in [2.05, 4.69) is 9.97 Å². The first-order valence-electron chi connectivity index (χ1n) is 11.4. The van der Waals surface area contributed by atoms with Crippen LogP contribution in [0.3, 0.4) is 0 Å². The Morgan fingerprint density at radius 2 is 1.83 bits per heavy atom. The van der Waals surface area contributed by atoms with E-state index in [1.165, 1.54) is 6.92 Å². The standard InChI is InChI=1S/C22H31F2N2O8P/c1-5-21(4,34-35(31,32)22(30,6-2)7-3)9-14-16(27)17(28)18(33-14)12-8-11-15(24)13(23)10-25-19(11)26-20(12)29/h8,10,14,16-18,27-28,30H,5-7,9H2,1-4H3,(H,31,32)(H,25,26,29)/t14-,16?,17+,18+,21?/m1/s1. The molecule has 1 saturated heterocycles. The molecule has 35 heavy (non-hydrogen) atoms. The molecule has 2 aromatic heterocycles. The number of nitrogens with one attached hydrogen (secondary N) is 1. The lowest BCUT2D eigenvalue weighted by Crippen LogP contribution is -2.40. The molecule has 10 nitrogen and oxygen atoms in total. The van der Waals surface area contributed by atoms with Crippen molar-refractivity contribution in [2.45, 2.75) is 88.7 Å². The first-order chi connectivity index (χ1) is 16.2. The molecule has 196 valence electrons. The third-order valence-electron chi connectivity index (χ3n) is 6.85. The number of H-pyrrole nitrogens is 1. The molecule has 0 saturated carbocycles. The SMILES string of the molecule is CCC(C)(C[C@H]1O[C@@H](c2cc3c(F)c(F)cnc3[nH]c2=O)[C@@H](O)C1O)OP(=O)(O)C(O)(CC)CC. The van der Waals surface area contributed by atoms with Gasteiger partial charge in [0.25, 0.3) is 5.56 Å². The first-order valence-corrected chi connectivity index (χ1v) is 12.9. The van der Waals surface area contributed by atoms with Gasteiger partial charge in [0, 0.05) is 12.0 Å². The van der Waals surface area contributed by atoms with Gasteiger partial charge in [-0.3, -0.25) is 9.36 Å². The van der Waals surface area contributed by atoms with Crippen molar-refractivity contribution in [3.63, 3.8) is 0 Å². The van der Waals surface area contributed by atoms with Crippen molar-refractivity contribution >= 4 is 18.6 Å². The second-order valence-corrected chi connectivity index (χ2v) is 11.2. The smallest absolute Gasteiger partial charge is 0.359 e. The zero-order valence-electron chi connectivity index (χ0n) is 19.9. The first kappa shape index (κ1) is 27.8. The summed E-state index contributed by atoms with van der Waals surface area (Å²) in [7, 11) is -4.55. The summed E-state index contributed by atoms with van der Waals surface area (Å²) in [6.45, 7) is 6.28. The van der Waals surface area contributed by atoms with Gasteiger partial charge in [-0.25, -0.2) is 13.8 Å². The lowest BCUT2D eigenvalue weighted by molar-refractivity contribution is -0.0544. The molecule has 2 aromatic rings. The Balaban J connectivity index is 1.90. The van der Waals surface area contributed by atoms with Gasteiger partial charge in [-0.15, -0.1) is 0 Å². The van der Waals surface area contributed by atoms with Crippen LogP contribution in [0, 0.1) is 11.6 Å². The van der Waals surface area contributed by atoms with Crippen molar-refractivity contribution < 1.29 is 42.8 Å². The van der Waals surface area contributed by atoms with Crippen molar-refractivity contribution in [2.24, 2.45) is 0 Å². The molecule has 6 atom stereocenters. The van der Waals surface area contributed by atoms with Gasteiger partial charge < -0.3 is 34.5 Å². The Labute approximate surface area is 200 Å². The second kappa shape index (κ2) is 9.93. The van der Waals surface area contributed by atoms with Crippen LogP contribution >= 0.6 is 7.60 Å². The van der Waals surface area contributed by atoms with E-state index in [1.54, 1.807) is 20.8 Å². The van der Waals surface area contributed by atoms with Crippen LogP contribution in [0.25, 0.3) is 11.0 Å². The van der Waals surface area contributed by atoms with E-state index in [0.717, 1.165) is 6.07 Å². The molecule has 3 rings (SSSR count). The van der Waals surface area contributed by atoms with Gasteiger partial charge >= 0.3 is 7.60 Å². The van der Waals surface area contributed by atoms with Gasteiger partial charge in [0.1, 0.15) is 24.0 Å². The van der Waals surface area contributed by atoms with E-state index in [4.69, 9.17) is 9.26 Å². The molecule has 0 bridgehead atoms. The van der Waals surface area contributed by atoms with Crippen molar-refractivity contribution in [2.75, 3.05) is 0 Å². The van der Waals surface area contributed by atoms with Gasteiger partial charge in [0.2, 0.25) is 0 Å². The zero-order chi connectivity index (χ0) is 26.3. The number of aromatic nitrogens is 2. The molecule has 1 aliphatic heterocycles. The molecule has 3 unspecified atom stereocenters. The monoisotopic (exact) mass is 520 g/mol. The predicted octanol–water partition coefficient (Wildman–Crippen LogP) is 2.63. The largest absolute Gasteiger partial charge is 0.388 e. The number of fused-ring (bicyclic) bond motifs is 1. The number of pyridine rings is 2. The van der Waals surface area contributed by atoms with Crippen LogP contribution < -0.4 is 5.56 Å². The molecule has 0 amide bonds. The number of halogens is 2. The number of nitrogens with zero attached hydrogens (tertiary/aromatic N) is 1. The lowest BCUT2D eigenvalue weighted by Gasteiger charge is -2.38. The third kappa shape index (κ3) is 5.06. The summed E-state index contributed by atoms with van der Waals surface area (Å²) in [4.78, 5) is 29.0. The summed E-state index contributed by atoms with van der Waals surface area (Å²) in [5.41, 5.74) is -2.60. The second-order valence-electron chi connectivity index (χ2n) is 9.12. The Kier molecular flexibility index (Phi) is 7.88. The Morgan fingerprint density at radius 3 is 2.40 bits per heavy atom. The molecule has 1 aliphatic rings. The summed E-state index contributed by atoms with van der Waals surface area (Å²) in [6.07, 6.45) is -5.14. The minimum Gasteiger partial charge on any atom is -0.388 e. The fourth-order valence-electron chi connectivity index (χ4n) is 4.20. The van der Waals surface area contributed by atoms with Gasteiger partial charge in [-0.2, -0.15) is 0 Å². The maximum atomic E-state index is 14.3. The maximum Gasteiger partial charge on any atom is 0.359 e. The van der Waals surface area contributed by atoms with Crippen LogP contribution in [-0.2, 0) is 13.8 Å². The predicted molar refractivity (Wildman–Crippen MR) is 122 cm³/mol. The molecular formula is C22H31F2N2O8P. The summed E-state index contributed by atoms with van der Waals surface area (Å²) in [5, 5.41) is 29.5. The van der Waals surface area contributed by atoms with Crippen molar-refractivity contribution in [1.82, 2.24) is 9.97 Å². The van der Waals surface area contributed by atoms with E-state index in [-0.39, 0.29) is 42.3 Å². The van der Waals surface area contributed by atoms with Crippen LogP contribution in [0.15, 0.2) is 17.1 Å². The highest BCUT2D eigenvalue weighted by atomic mass is 31.2. The lowest BCUT2D eigenvalue weighted by atomic mass is 9.92. The average Bonchev–Trinajstić information content (AvgIpc) is 3.08. The van der Waals surface area contributed by atoms with Gasteiger partial charge in [0.15, 0.2) is 17.0 Å². The Bertz CT molecular complexity index is 1190. The highest BCUT2D eigenvalue weighted by molar-refractivity contribution is 7.54. The normalized spacial score (nSPS) is 26.6. The zero-order valence-corrected chi connectivity index (χ0v) is 20.8. The molecule has 13 heteroatoms. The molecule has 3 heterocycles. The molecular weight excluding hydrogens is 489 g/mol. The van der Waals surface area contributed by atoms with Crippen LogP contribution in [0.2, 0.25) is 0 Å². The van der Waals surface area contributed by atoms with Crippen molar-refractivity contribution in [3.05, 3.63) is 39.8 Å². The van der Waals surface area contributed by atoms with E-state index in [1.807, 2.05) is 0 Å². The van der Waals surface area contributed by atoms with Gasteiger partial charge in [-0.05, 0) is 32.3 Å². The maximum absolute atomic E-state index is 14.3. The topological polar surface area (TPSA) is 162 Å². The van der Waals surface area contributed by atoms with Crippen LogP contribution in [0.4, 0.5) is 8.78 Å². The highest BCUT2D eigenvalue weighted by Gasteiger charge is 2.51. The third-order valence-corrected chi connectivity index (χ3v) is 9.23. The summed E-state index contributed by atoms with van der Waals surface area (Å²) in [6, 6.07) is 1.00. The van der Waals surface area contributed by atoms with E-state index < -0.39 is 60.1 Å². The molecule has 0 radical (unpaired) electrons. The van der Waals surface area contributed by atoms with Crippen LogP contribution in [-0.4, -0.2) is 59.4 Å². The fourth-order valence-corrected chi connectivity index (χ4v) is 5.97. The number of ether oxygens (including phenoxy) is 1. The summed E-state index contributed by atoms with van der Waals surface area (Å²) < 4.78 is 52.1. The fraction of sp³-hybridized carbons (Fsp3) is 0.636. The molecule has 0 spiro atoms. The minimum atomic E-state index is -4.55. The van der Waals surface area contributed by atoms with E-state index >= 15 is 0 Å². The minimum absolute atomic E-state index is 0.0306. The highest BCUT2D eigenvalue weighted by Crippen LogP contribution is 2.60. The average molecular weight is 520 g/mol.